The summed E-state index contributed by atoms with van der Waals surface area (Å²) in [6.45, 7) is 1.94. The maximum atomic E-state index is 12.6. The van der Waals surface area contributed by atoms with Gasteiger partial charge >= 0.3 is 12.1 Å². The van der Waals surface area contributed by atoms with E-state index in [2.05, 4.69) is 29.6 Å². The van der Waals surface area contributed by atoms with Crippen molar-refractivity contribution >= 4 is 23.7 Å². The number of nitrogens with one attached hydrogen (secondary N) is 1. The van der Waals surface area contributed by atoms with Crippen molar-refractivity contribution in [3.8, 4) is 11.1 Å². The molecule has 4 rings (SSSR count). The Morgan fingerprint density at radius 1 is 0.941 bits per heavy atom. The third-order valence-corrected chi connectivity index (χ3v) is 6.06. The minimum Gasteiger partial charge on any atom is -0.478 e. The van der Waals surface area contributed by atoms with E-state index in [1.54, 1.807) is 26.1 Å². The molecular weight excluding hydrogens is 432 g/mol. The molecule has 34 heavy (non-hydrogen) atoms. The topological polar surface area (TPSA) is 95.9 Å². The minimum atomic E-state index is -1.03. The van der Waals surface area contributed by atoms with Crippen LogP contribution in [0.5, 0.6) is 0 Å². The monoisotopic (exact) mass is 458 g/mol. The first-order chi connectivity index (χ1) is 16.3. The third-order valence-electron chi connectivity index (χ3n) is 6.06. The summed E-state index contributed by atoms with van der Waals surface area (Å²) in [6, 6.07) is 21.8. The highest BCUT2D eigenvalue weighted by atomic mass is 16.5. The molecule has 2 amide bonds. The van der Waals surface area contributed by atoms with Crippen molar-refractivity contribution < 1.29 is 24.2 Å². The van der Waals surface area contributed by atoms with Gasteiger partial charge in [0.25, 0.3) is 0 Å². The Kier molecular flexibility index (Phi) is 6.63. The highest BCUT2D eigenvalue weighted by molar-refractivity contribution is 5.94. The lowest BCUT2D eigenvalue weighted by molar-refractivity contribution is -0.118. The summed E-state index contributed by atoms with van der Waals surface area (Å²) in [5.41, 5.74) is 5.31. The zero-order valence-electron chi connectivity index (χ0n) is 19.0. The molecule has 174 valence electrons. The molecule has 1 atom stereocenters. The number of carboxylic acids is 1. The number of ether oxygens (including phenoxy) is 1. The van der Waals surface area contributed by atoms with Crippen LogP contribution in [0, 0.1) is 0 Å². The fourth-order valence-electron chi connectivity index (χ4n) is 4.26. The van der Waals surface area contributed by atoms with E-state index in [-0.39, 0.29) is 30.4 Å². The van der Waals surface area contributed by atoms with Gasteiger partial charge in [0, 0.05) is 31.1 Å². The number of carboxylic acid groups (broad SMARTS) is 1. The predicted molar refractivity (Wildman–Crippen MR) is 129 cm³/mol. The molecule has 0 bridgehead atoms. The number of nitrogens with zero attached hydrogens (tertiary/aromatic N) is 1. The Bertz CT molecular complexity index is 1180. The van der Waals surface area contributed by atoms with Crippen LogP contribution in [0.4, 0.5) is 10.5 Å². The van der Waals surface area contributed by atoms with E-state index >= 15 is 0 Å². The molecule has 7 nitrogen and oxygen atoms in total. The molecule has 1 aliphatic carbocycles. The number of aromatic carboxylic acids is 1. The Morgan fingerprint density at radius 2 is 1.50 bits per heavy atom. The molecule has 0 aromatic heterocycles. The molecule has 0 aliphatic heterocycles. The minimum absolute atomic E-state index is 0.0324. The van der Waals surface area contributed by atoms with Crippen molar-refractivity contribution in [1.29, 1.82) is 0 Å². The summed E-state index contributed by atoms with van der Waals surface area (Å²) in [4.78, 5) is 37.5. The van der Waals surface area contributed by atoms with Gasteiger partial charge in [0.15, 0.2) is 0 Å². The first kappa shape index (κ1) is 23.0. The number of alkyl carbamates (subject to hydrolysis) is 1. The smallest absolute Gasteiger partial charge is 0.407 e. The van der Waals surface area contributed by atoms with Gasteiger partial charge < -0.3 is 20.1 Å². The SMILES string of the molecule is CC(CC(=O)N(C)c1ccc(C(=O)O)cc1)NC(=O)OCC1c2ccccc2-c2ccccc21. The summed E-state index contributed by atoms with van der Waals surface area (Å²) in [6.07, 6.45) is -0.503. The molecule has 1 aliphatic rings. The standard InChI is InChI=1S/C27H26N2O5/c1-17(15-25(30)29(2)19-13-11-18(12-14-19)26(31)32)28-27(33)34-16-24-22-9-5-3-7-20(22)21-8-4-6-10-23(21)24/h3-14,17,24H,15-16H2,1-2H3,(H,28,33)(H,31,32). The maximum absolute atomic E-state index is 12.6. The van der Waals surface area contributed by atoms with Crippen LogP contribution in [0.2, 0.25) is 0 Å². The number of amides is 2. The lowest BCUT2D eigenvalue weighted by atomic mass is 9.98. The summed E-state index contributed by atoms with van der Waals surface area (Å²) in [5.74, 6) is -1.27. The Morgan fingerprint density at radius 3 is 2.06 bits per heavy atom. The number of rotatable bonds is 7. The van der Waals surface area contributed by atoms with Gasteiger partial charge in [-0.1, -0.05) is 48.5 Å². The van der Waals surface area contributed by atoms with Gasteiger partial charge in [0.2, 0.25) is 5.91 Å². The predicted octanol–water partition coefficient (Wildman–Crippen LogP) is 4.66. The molecule has 0 radical (unpaired) electrons. The van der Waals surface area contributed by atoms with Gasteiger partial charge in [0.1, 0.15) is 6.61 Å². The highest BCUT2D eigenvalue weighted by Crippen LogP contribution is 2.44. The summed E-state index contributed by atoms with van der Waals surface area (Å²) >= 11 is 0. The number of hydrogen-bond donors (Lipinski definition) is 2. The molecule has 0 fully saturated rings. The van der Waals surface area contributed by atoms with E-state index in [9.17, 15) is 14.4 Å². The molecule has 3 aromatic carbocycles. The normalized spacial score (nSPS) is 12.9. The molecule has 0 saturated heterocycles. The average Bonchev–Trinajstić information content (AvgIpc) is 3.16. The van der Waals surface area contributed by atoms with Crippen molar-refractivity contribution in [3.05, 3.63) is 89.5 Å². The average molecular weight is 459 g/mol. The summed E-state index contributed by atoms with van der Waals surface area (Å²) in [5, 5.41) is 11.7. The third kappa shape index (κ3) is 4.78. The fourth-order valence-corrected chi connectivity index (χ4v) is 4.26. The van der Waals surface area contributed by atoms with Crippen LogP contribution in [0.25, 0.3) is 11.1 Å². The summed E-state index contributed by atoms with van der Waals surface area (Å²) < 4.78 is 5.54. The van der Waals surface area contributed by atoms with Crippen LogP contribution in [-0.4, -0.2) is 42.8 Å². The van der Waals surface area contributed by atoms with Gasteiger partial charge in [-0.05, 0) is 53.4 Å². The van der Waals surface area contributed by atoms with E-state index in [1.165, 1.54) is 17.0 Å². The first-order valence-electron chi connectivity index (χ1n) is 11.1. The number of anilines is 1. The summed E-state index contributed by atoms with van der Waals surface area (Å²) in [7, 11) is 1.61. The van der Waals surface area contributed by atoms with Crippen molar-refractivity contribution in [1.82, 2.24) is 5.32 Å². The maximum Gasteiger partial charge on any atom is 0.407 e. The van der Waals surface area contributed by atoms with Gasteiger partial charge in [-0.3, -0.25) is 4.79 Å². The van der Waals surface area contributed by atoms with Crippen LogP contribution >= 0.6 is 0 Å². The molecule has 2 N–H and O–H groups in total. The van der Waals surface area contributed by atoms with Gasteiger partial charge in [-0.15, -0.1) is 0 Å². The molecule has 0 saturated carbocycles. The largest absolute Gasteiger partial charge is 0.478 e. The van der Waals surface area contributed by atoms with Gasteiger partial charge in [0.05, 0.1) is 5.56 Å². The Labute approximate surface area is 198 Å². The van der Waals surface area contributed by atoms with Crippen molar-refractivity contribution in [2.45, 2.75) is 25.3 Å². The number of benzene rings is 3. The lowest BCUT2D eigenvalue weighted by Gasteiger charge is -2.21. The zero-order valence-corrected chi connectivity index (χ0v) is 19.0. The van der Waals surface area contributed by atoms with Gasteiger partial charge in [-0.2, -0.15) is 0 Å². The second kappa shape index (κ2) is 9.79. The van der Waals surface area contributed by atoms with Crippen LogP contribution < -0.4 is 10.2 Å². The fraction of sp³-hybridized carbons (Fsp3) is 0.222. The van der Waals surface area contributed by atoms with E-state index in [0.717, 1.165) is 22.3 Å². The van der Waals surface area contributed by atoms with Crippen molar-refractivity contribution in [2.24, 2.45) is 0 Å². The highest BCUT2D eigenvalue weighted by Gasteiger charge is 2.29. The van der Waals surface area contributed by atoms with E-state index < -0.39 is 18.1 Å². The molecule has 3 aromatic rings. The first-order valence-corrected chi connectivity index (χ1v) is 11.1. The second-order valence-electron chi connectivity index (χ2n) is 8.38. The van der Waals surface area contributed by atoms with Crippen LogP contribution in [0.3, 0.4) is 0 Å². The molecule has 0 heterocycles. The van der Waals surface area contributed by atoms with Crippen LogP contribution in [0.1, 0.15) is 40.7 Å². The Balaban J connectivity index is 1.31. The second-order valence-corrected chi connectivity index (χ2v) is 8.38. The number of carbonyl (C=O) groups excluding carboxylic acids is 2. The van der Waals surface area contributed by atoms with Crippen molar-refractivity contribution in [3.63, 3.8) is 0 Å². The van der Waals surface area contributed by atoms with E-state index in [0.29, 0.717) is 5.69 Å². The molecule has 0 spiro atoms. The number of hydrogen-bond acceptors (Lipinski definition) is 4. The van der Waals surface area contributed by atoms with Crippen molar-refractivity contribution in [2.75, 3.05) is 18.6 Å². The lowest BCUT2D eigenvalue weighted by Crippen LogP contribution is -2.38. The van der Waals surface area contributed by atoms with Crippen LogP contribution in [0.15, 0.2) is 72.8 Å². The molecule has 1 unspecified atom stereocenters. The zero-order chi connectivity index (χ0) is 24.2. The molecule has 7 heteroatoms. The Hall–Kier alpha value is -4.13. The van der Waals surface area contributed by atoms with E-state index in [4.69, 9.17) is 9.84 Å². The molecular formula is C27H26N2O5. The number of carbonyl (C=O) groups is 3. The van der Waals surface area contributed by atoms with Gasteiger partial charge in [-0.25, -0.2) is 9.59 Å². The van der Waals surface area contributed by atoms with Crippen LogP contribution in [-0.2, 0) is 9.53 Å². The number of fused-ring (bicyclic) bond motifs is 3. The van der Waals surface area contributed by atoms with E-state index in [1.807, 2.05) is 24.3 Å². The quantitative estimate of drug-likeness (QED) is 0.537.